The molecular weight excluding hydrogens is 495 g/mol. The monoisotopic (exact) mass is 524 g/mol. The highest BCUT2D eigenvalue weighted by atomic mass is 32.1. The predicted octanol–water partition coefficient (Wildman–Crippen LogP) is 5.06. The number of halogens is 1. The van der Waals surface area contributed by atoms with Crippen LogP contribution in [-0.2, 0) is 11.2 Å². The number of hydrogen-bond donors (Lipinski definition) is 0. The Labute approximate surface area is 219 Å². The van der Waals surface area contributed by atoms with Gasteiger partial charge in [0.1, 0.15) is 24.7 Å². The van der Waals surface area contributed by atoms with Crippen LogP contribution in [0.15, 0.2) is 53.9 Å². The van der Waals surface area contributed by atoms with E-state index < -0.39 is 0 Å². The zero-order chi connectivity index (χ0) is 25.9. The summed E-state index contributed by atoms with van der Waals surface area (Å²) < 4.78 is 30.1. The molecule has 2 aliphatic rings. The van der Waals surface area contributed by atoms with E-state index in [0.29, 0.717) is 35.8 Å². The number of benzene rings is 2. The quantitative estimate of drug-likeness (QED) is 0.412. The lowest BCUT2D eigenvalue weighted by atomic mass is 10.00. The van der Waals surface area contributed by atoms with Crippen LogP contribution >= 0.6 is 11.3 Å². The number of ether oxygens (including phenoxy) is 3. The van der Waals surface area contributed by atoms with Gasteiger partial charge in [0.15, 0.2) is 11.5 Å². The molecule has 37 heavy (non-hydrogen) atoms. The maximum Gasteiger partial charge on any atom is 0.254 e. The fraction of sp³-hybridized carbons (Fsp3) is 0.357. The van der Waals surface area contributed by atoms with Crippen molar-refractivity contribution in [3.8, 4) is 17.2 Å². The van der Waals surface area contributed by atoms with Gasteiger partial charge < -0.3 is 24.0 Å². The first-order chi connectivity index (χ1) is 17.9. The Kier molecular flexibility index (Phi) is 7.32. The second-order valence-electron chi connectivity index (χ2n) is 9.18. The zero-order valence-electron chi connectivity index (χ0n) is 20.8. The molecule has 2 aromatic carbocycles. The summed E-state index contributed by atoms with van der Waals surface area (Å²) in [5.41, 5.74) is 1.51. The third-order valence-electron chi connectivity index (χ3n) is 6.95. The molecule has 5 rings (SSSR count). The molecule has 7 nitrogen and oxygen atoms in total. The minimum atomic E-state index is -0.334. The van der Waals surface area contributed by atoms with Crippen molar-refractivity contribution in [3.63, 3.8) is 0 Å². The lowest BCUT2D eigenvalue weighted by Crippen LogP contribution is -2.49. The first kappa shape index (κ1) is 25.1. The van der Waals surface area contributed by atoms with Gasteiger partial charge in [0.25, 0.3) is 5.91 Å². The Hall–Kier alpha value is -3.59. The lowest BCUT2D eigenvalue weighted by Gasteiger charge is -2.38. The van der Waals surface area contributed by atoms with Crippen molar-refractivity contribution in [1.29, 1.82) is 0 Å². The van der Waals surface area contributed by atoms with Gasteiger partial charge in [-0.1, -0.05) is 6.92 Å². The Bertz CT molecular complexity index is 1280. The van der Waals surface area contributed by atoms with E-state index in [1.54, 1.807) is 51.5 Å². The molecule has 0 aliphatic carbocycles. The average molecular weight is 525 g/mol. The number of carbonyl (C=O) groups excluding carboxylic acids is 2. The fourth-order valence-corrected chi connectivity index (χ4v) is 5.59. The van der Waals surface area contributed by atoms with Crippen LogP contribution in [0.5, 0.6) is 17.2 Å². The van der Waals surface area contributed by atoms with E-state index in [1.165, 1.54) is 17.0 Å². The molecule has 0 spiro atoms. The maximum absolute atomic E-state index is 13.7. The highest BCUT2D eigenvalue weighted by Gasteiger charge is 2.34. The van der Waals surface area contributed by atoms with Crippen molar-refractivity contribution >= 4 is 23.2 Å². The molecule has 2 amide bonds. The van der Waals surface area contributed by atoms with E-state index in [4.69, 9.17) is 14.2 Å². The summed E-state index contributed by atoms with van der Waals surface area (Å²) in [7, 11) is 0. The van der Waals surface area contributed by atoms with E-state index in [-0.39, 0.29) is 49.7 Å². The lowest BCUT2D eigenvalue weighted by molar-refractivity contribution is -0.136. The number of rotatable bonds is 8. The molecule has 3 heterocycles. The van der Waals surface area contributed by atoms with Gasteiger partial charge in [-0.05, 0) is 79.2 Å². The van der Waals surface area contributed by atoms with Crippen molar-refractivity contribution in [3.05, 3.63) is 75.7 Å². The third kappa shape index (κ3) is 5.27. The van der Waals surface area contributed by atoms with Gasteiger partial charge in [-0.3, -0.25) is 9.59 Å². The van der Waals surface area contributed by atoms with E-state index >= 15 is 0 Å². The highest BCUT2D eigenvalue weighted by molar-refractivity contribution is 7.10. The summed E-state index contributed by atoms with van der Waals surface area (Å²) in [6.07, 6.45) is 1.46. The minimum Gasteiger partial charge on any atom is -0.491 e. The Morgan fingerprint density at radius 1 is 1.16 bits per heavy atom. The van der Waals surface area contributed by atoms with Gasteiger partial charge in [0.2, 0.25) is 12.7 Å². The molecule has 194 valence electrons. The van der Waals surface area contributed by atoms with Crippen molar-refractivity contribution in [2.24, 2.45) is 0 Å². The molecule has 3 aromatic rings. The standard InChI is InChI=1S/C28H29FN2O5S/c1-3-18(2)31(28(33)19-4-9-24-25(14-19)36-17-35-24)15-27(32)30-12-10-26-22(11-13-37-26)23(30)16-34-21-7-5-20(29)6-8-21/h4-9,11,13-14,18,23H,3,10,12,15-17H2,1-2H3/t18-,23+/m0/s1. The topological polar surface area (TPSA) is 68.3 Å². The smallest absolute Gasteiger partial charge is 0.254 e. The first-order valence-corrected chi connectivity index (χ1v) is 13.3. The Balaban J connectivity index is 1.35. The van der Waals surface area contributed by atoms with Crippen LogP contribution in [-0.4, -0.2) is 54.1 Å². The fourth-order valence-electron chi connectivity index (χ4n) is 4.66. The van der Waals surface area contributed by atoms with Crippen molar-refractivity contribution < 1.29 is 28.2 Å². The number of carbonyl (C=O) groups is 2. The number of hydrogen-bond acceptors (Lipinski definition) is 6. The van der Waals surface area contributed by atoms with Gasteiger partial charge in [-0.2, -0.15) is 0 Å². The van der Waals surface area contributed by atoms with E-state index in [0.717, 1.165) is 12.0 Å². The van der Waals surface area contributed by atoms with Crippen LogP contribution in [0.3, 0.4) is 0 Å². The molecule has 9 heteroatoms. The summed E-state index contributed by atoms with van der Waals surface area (Å²) in [6, 6.07) is 12.5. The number of fused-ring (bicyclic) bond motifs is 2. The molecule has 2 aliphatic heterocycles. The predicted molar refractivity (Wildman–Crippen MR) is 138 cm³/mol. The molecule has 0 saturated carbocycles. The van der Waals surface area contributed by atoms with Gasteiger partial charge in [-0.15, -0.1) is 11.3 Å². The molecule has 2 atom stereocenters. The Morgan fingerprint density at radius 2 is 1.95 bits per heavy atom. The van der Waals surface area contributed by atoms with Gasteiger partial charge in [-0.25, -0.2) is 4.39 Å². The maximum atomic E-state index is 13.7. The van der Waals surface area contributed by atoms with Crippen LogP contribution in [0.25, 0.3) is 0 Å². The van der Waals surface area contributed by atoms with Crippen molar-refractivity contribution in [1.82, 2.24) is 9.80 Å². The molecule has 0 bridgehead atoms. The van der Waals surface area contributed by atoms with Crippen LogP contribution < -0.4 is 14.2 Å². The number of thiophene rings is 1. The first-order valence-electron chi connectivity index (χ1n) is 12.4. The average Bonchev–Trinajstić information content (AvgIpc) is 3.59. The summed E-state index contributed by atoms with van der Waals surface area (Å²) in [4.78, 5) is 31.9. The van der Waals surface area contributed by atoms with E-state index in [9.17, 15) is 14.0 Å². The number of amides is 2. The van der Waals surface area contributed by atoms with Crippen molar-refractivity contribution in [2.75, 3.05) is 26.5 Å². The normalized spacial score (nSPS) is 16.7. The molecule has 0 fully saturated rings. The largest absolute Gasteiger partial charge is 0.491 e. The minimum absolute atomic E-state index is 0.0468. The molecule has 0 radical (unpaired) electrons. The molecular formula is C28H29FN2O5S. The summed E-state index contributed by atoms with van der Waals surface area (Å²) >= 11 is 1.67. The van der Waals surface area contributed by atoms with Crippen LogP contribution in [0, 0.1) is 5.82 Å². The zero-order valence-corrected chi connectivity index (χ0v) is 21.6. The van der Waals surface area contributed by atoms with Crippen LogP contribution in [0.2, 0.25) is 0 Å². The molecule has 1 aromatic heterocycles. The van der Waals surface area contributed by atoms with Gasteiger partial charge in [0, 0.05) is 23.0 Å². The summed E-state index contributed by atoms with van der Waals surface area (Å²) in [6.45, 7) is 4.79. The molecule has 0 saturated heterocycles. The van der Waals surface area contributed by atoms with Crippen molar-refractivity contribution in [2.45, 2.75) is 38.8 Å². The second kappa shape index (κ2) is 10.8. The summed E-state index contributed by atoms with van der Waals surface area (Å²) in [5.74, 6) is 0.966. The third-order valence-corrected chi connectivity index (χ3v) is 7.94. The molecule has 0 unspecified atom stereocenters. The van der Waals surface area contributed by atoms with Gasteiger partial charge in [0.05, 0.1) is 6.04 Å². The highest BCUT2D eigenvalue weighted by Crippen LogP contribution is 2.35. The number of nitrogens with zero attached hydrogens (tertiary/aromatic N) is 2. The van der Waals surface area contributed by atoms with E-state index in [2.05, 4.69) is 0 Å². The molecule has 0 N–H and O–H groups in total. The van der Waals surface area contributed by atoms with Crippen LogP contribution in [0.4, 0.5) is 4.39 Å². The van der Waals surface area contributed by atoms with Gasteiger partial charge >= 0.3 is 0 Å². The SMILES string of the molecule is CC[C@H](C)N(CC(=O)N1CCc2sccc2[C@H]1COc1ccc(F)cc1)C(=O)c1ccc2c(c1)OCO2. The van der Waals surface area contributed by atoms with E-state index in [1.807, 2.05) is 25.3 Å². The summed E-state index contributed by atoms with van der Waals surface area (Å²) in [5, 5.41) is 2.03. The Morgan fingerprint density at radius 3 is 2.73 bits per heavy atom. The van der Waals surface area contributed by atoms with Crippen LogP contribution in [0.1, 0.15) is 47.1 Å². The second-order valence-corrected chi connectivity index (χ2v) is 10.2.